The third-order valence-corrected chi connectivity index (χ3v) is 4.49. The number of rotatable bonds is 9. The SMILES string of the molecule is CCNC(=NCc1ccc(Cn2ccnc2)cc1)NCCCc1ccccc1. The molecule has 0 amide bonds. The van der Waals surface area contributed by atoms with Crippen LogP contribution in [0.25, 0.3) is 0 Å². The lowest BCUT2D eigenvalue weighted by Crippen LogP contribution is -2.37. The van der Waals surface area contributed by atoms with Gasteiger partial charge in [-0.25, -0.2) is 9.98 Å². The first-order valence-electron chi connectivity index (χ1n) is 9.93. The average Bonchev–Trinajstić information content (AvgIpc) is 3.24. The lowest BCUT2D eigenvalue weighted by Gasteiger charge is -2.11. The van der Waals surface area contributed by atoms with E-state index in [0.717, 1.165) is 38.4 Å². The van der Waals surface area contributed by atoms with Gasteiger partial charge in [-0.2, -0.15) is 0 Å². The number of hydrogen-bond acceptors (Lipinski definition) is 2. The van der Waals surface area contributed by atoms with Gasteiger partial charge in [0.15, 0.2) is 5.96 Å². The van der Waals surface area contributed by atoms with Crippen LogP contribution in [0.1, 0.15) is 30.0 Å². The highest BCUT2D eigenvalue weighted by molar-refractivity contribution is 5.79. The predicted octanol–water partition coefficient (Wildman–Crippen LogP) is 3.62. The second-order valence-corrected chi connectivity index (χ2v) is 6.76. The summed E-state index contributed by atoms with van der Waals surface area (Å²) >= 11 is 0. The molecule has 0 atom stereocenters. The van der Waals surface area contributed by atoms with Gasteiger partial charge >= 0.3 is 0 Å². The Bertz CT molecular complexity index is 823. The first-order valence-corrected chi connectivity index (χ1v) is 9.93. The third kappa shape index (κ3) is 6.58. The number of aliphatic imine (C=N–C) groups is 1. The molecule has 146 valence electrons. The number of aryl methyl sites for hydroxylation is 1. The molecule has 0 fully saturated rings. The maximum Gasteiger partial charge on any atom is 0.191 e. The molecule has 0 spiro atoms. The molecule has 28 heavy (non-hydrogen) atoms. The van der Waals surface area contributed by atoms with Gasteiger partial charge in [-0.3, -0.25) is 0 Å². The molecule has 5 nitrogen and oxygen atoms in total. The Balaban J connectivity index is 1.46. The van der Waals surface area contributed by atoms with E-state index in [2.05, 4.69) is 81.7 Å². The molecular weight excluding hydrogens is 346 g/mol. The van der Waals surface area contributed by atoms with Crippen molar-refractivity contribution in [3.63, 3.8) is 0 Å². The smallest absolute Gasteiger partial charge is 0.191 e. The van der Waals surface area contributed by atoms with Crippen LogP contribution in [-0.2, 0) is 19.5 Å². The molecule has 0 saturated heterocycles. The molecule has 0 radical (unpaired) electrons. The van der Waals surface area contributed by atoms with E-state index in [9.17, 15) is 0 Å². The van der Waals surface area contributed by atoms with E-state index in [1.54, 1.807) is 6.20 Å². The first kappa shape index (κ1) is 19.7. The summed E-state index contributed by atoms with van der Waals surface area (Å²) < 4.78 is 2.07. The molecule has 2 N–H and O–H groups in total. The highest BCUT2D eigenvalue weighted by atomic mass is 15.2. The predicted molar refractivity (Wildman–Crippen MR) is 115 cm³/mol. The van der Waals surface area contributed by atoms with Crippen molar-refractivity contribution >= 4 is 5.96 Å². The fourth-order valence-electron chi connectivity index (χ4n) is 3.00. The number of guanidine groups is 1. The van der Waals surface area contributed by atoms with Crippen LogP contribution < -0.4 is 10.6 Å². The highest BCUT2D eigenvalue weighted by Gasteiger charge is 2.00. The van der Waals surface area contributed by atoms with Gasteiger partial charge in [0.2, 0.25) is 0 Å². The van der Waals surface area contributed by atoms with Crippen LogP contribution in [-0.4, -0.2) is 28.6 Å². The first-order chi connectivity index (χ1) is 13.8. The van der Waals surface area contributed by atoms with Crippen LogP contribution in [0, 0.1) is 0 Å². The van der Waals surface area contributed by atoms with Crippen LogP contribution in [0.15, 0.2) is 78.3 Å². The number of benzene rings is 2. The summed E-state index contributed by atoms with van der Waals surface area (Å²) in [4.78, 5) is 8.79. The molecule has 0 aliphatic heterocycles. The zero-order valence-electron chi connectivity index (χ0n) is 16.5. The summed E-state index contributed by atoms with van der Waals surface area (Å²) in [7, 11) is 0. The largest absolute Gasteiger partial charge is 0.357 e. The van der Waals surface area contributed by atoms with E-state index < -0.39 is 0 Å². The molecular formula is C23H29N5. The Morgan fingerprint density at radius 1 is 0.964 bits per heavy atom. The zero-order chi connectivity index (χ0) is 19.4. The molecule has 0 saturated carbocycles. The lowest BCUT2D eigenvalue weighted by atomic mass is 10.1. The van der Waals surface area contributed by atoms with Crippen molar-refractivity contribution in [1.29, 1.82) is 0 Å². The second kappa shape index (κ2) is 10.9. The Hall–Kier alpha value is -3.08. The van der Waals surface area contributed by atoms with E-state index in [4.69, 9.17) is 4.99 Å². The van der Waals surface area contributed by atoms with E-state index >= 15 is 0 Å². The van der Waals surface area contributed by atoms with Crippen molar-refractivity contribution in [2.45, 2.75) is 32.9 Å². The monoisotopic (exact) mass is 375 g/mol. The number of nitrogens with one attached hydrogen (secondary N) is 2. The van der Waals surface area contributed by atoms with Gasteiger partial charge < -0.3 is 15.2 Å². The van der Waals surface area contributed by atoms with Crippen LogP contribution >= 0.6 is 0 Å². The molecule has 0 bridgehead atoms. The van der Waals surface area contributed by atoms with Crippen molar-refractivity contribution in [1.82, 2.24) is 20.2 Å². The minimum atomic E-state index is 0.666. The van der Waals surface area contributed by atoms with E-state index in [-0.39, 0.29) is 0 Å². The molecule has 1 heterocycles. The van der Waals surface area contributed by atoms with Crippen molar-refractivity contribution in [3.8, 4) is 0 Å². The fourth-order valence-corrected chi connectivity index (χ4v) is 3.00. The zero-order valence-corrected chi connectivity index (χ0v) is 16.5. The highest BCUT2D eigenvalue weighted by Crippen LogP contribution is 2.07. The molecule has 3 aromatic rings. The summed E-state index contributed by atoms with van der Waals surface area (Å²) in [5.41, 5.74) is 3.84. The lowest BCUT2D eigenvalue weighted by molar-refractivity contribution is 0.743. The van der Waals surface area contributed by atoms with E-state index in [1.165, 1.54) is 16.7 Å². The number of aromatic nitrogens is 2. The summed E-state index contributed by atoms with van der Waals surface area (Å²) in [6, 6.07) is 19.2. The molecule has 5 heteroatoms. The molecule has 2 aromatic carbocycles. The number of imidazole rings is 1. The van der Waals surface area contributed by atoms with Crippen molar-refractivity contribution in [2.24, 2.45) is 4.99 Å². The molecule has 1 aromatic heterocycles. The quantitative estimate of drug-likeness (QED) is 0.341. The summed E-state index contributed by atoms with van der Waals surface area (Å²) in [6.45, 7) is 5.36. The Labute approximate surface area is 167 Å². The van der Waals surface area contributed by atoms with Crippen molar-refractivity contribution < 1.29 is 0 Å². The summed E-state index contributed by atoms with van der Waals surface area (Å²) in [5.74, 6) is 0.873. The molecule has 0 aliphatic rings. The van der Waals surface area contributed by atoms with Crippen molar-refractivity contribution in [2.75, 3.05) is 13.1 Å². The van der Waals surface area contributed by atoms with Gasteiger partial charge in [-0.05, 0) is 36.5 Å². The van der Waals surface area contributed by atoms with Crippen LogP contribution in [0.5, 0.6) is 0 Å². The molecule has 0 unspecified atom stereocenters. The normalized spacial score (nSPS) is 11.4. The topological polar surface area (TPSA) is 54.2 Å². The summed E-state index contributed by atoms with van der Waals surface area (Å²) in [5, 5.41) is 6.75. The second-order valence-electron chi connectivity index (χ2n) is 6.76. The molecule has 3 rings (SSSR count). The van der Waals surface area contributed by atoms with Gasteiger partial charge in [0.1, 0.15) is 0 Å². The minimum Gasteiger partial charge on any atom is -0.357 e. The minimum absolute atomic E-state index is 0.666. The number of hydrogen-bond donors (Lipinski definition) is 2. The van der Waals surface area contributed by atoms with Gasteiger partial charge in [0.05, 0.1) is 12.9 Å². The van der Waals surface area contributed by atoms with E-state index in [0.29, 0.717) is 6.54 Å². The Kier molecular flexibility index (Phi) is 7.67. The Morgan fingerprint density at radius 2 is 1.75 bits per heavy atom. The summed E-state index contributed by atoms with van der Waals surface area (Å²) in [6.07, 6.45) is 7.77. The van der Waals surface area contributed by atoms with Crippen LogP contribution in [0.3, 0.4) is 0 Å². The van der Waals surface area contributed by atoms with E-state index in [1.807, 2.05) is 12.5 Å². The Morgan fingerprint density at radius 3 is 2.46 bits per heavy atom. The van der Waals surface area contributed by atoms with Gasteiger partial charge in [0.25, 0.3) is 0 Å². The maximum atomic E-state index is 4.71. The number of nitrogens with zero attached hydrogens (tertiary/aromatic N) is 3. The third-order valence-electron chi connectivity index (χ3n) is 4.49. The van der Waals surface area contributed by atoms with Gasteiger partial charge in [-0.15, -0.1) is 0 Å². The van der Waals surface area contributed by atoms with Crippen LogP contribution in [0.2, 0.25) is 0 Å². The standard InChI is InChI=1S/C23H29N5/c1-2-25-23(26-14-6-9-20-7-4-3-5-8-20)27-17-21-10-12-22(13-11-21)18-28-16-15-24-19-28/h3-5,7-8,10-13,15-16,19H,2,6,9,14,17-18H2,1H3,(H2,25,26,27). The molecule has 0 aliphatic carbocycles. The van der Waals surface area contributed by atoms with Crippen LogP contribution in [0.4, 0.5) is 0 Å². The maximum absolute atomic E-state index is 4.71. The van der Waals surface area contributed by atoms with Gasteiger partial charge in [-0.1, -0.05) is 54.6 Å². The van der Waals surface area contributed by atoms with Crippen molar-refractivity contribution in [3.05, 3.63) is 90.0 Å². The fraction of sp³-hybridized carbons (Fsp3) is 0.304. The van der Waals surface area contributed by atoms with Gasteiger partial charge in [0, 0.05) is 32.0 Å². The average molecular weight is 376 g/mol.